The van der Waals surface area contributed by atoms with E-state index >= 15 is 0 Å². The first-order valence-electron chi connectivity index (χ1n) is 3.67. The van der Waals surface area contributed by atoms with Crippen LogP contribution in [0.15, 0.2) is 24.3 Å². The van der Waals surface area contributed by atoms with Crippen molar-refractivity contribution < 1.29 is 19.4 Å². The molecule has 3 nitrogen and oxygen atoms in total. The number of aliphatic carboxylic acids is 1. The summed E-state index contributed by atoms with van der Waals surface area (Å²) in [6.45, 7) is 1.04. The molecule has 0 saturated heterocycles. The number of benzene rings is 1. The summed E-state index contributed by atoms with van der Waals surface area (Å²) in [5.41, 5.74) is -2.41. The first kappa shape index (κ1) is 9.67. The second-order valence-electron chi connectivity index (χ2n) is 2.86. The molecule has 1 rings (SSSR count). The number of carboxylic acid groups (broad SMARTS) is 1. The summed E-state index contributed by atoms with van der Waals surface area (Å²) in [7, 11) is 0. The van der Waals surface area contributed by atoms with Gasteiger partial charge >= 0.3 is 5.97 Å². The van der Waals surface area contributed by atoms with Gasteiger partial charge in [0.1, 0.15) is 5.82 Å². The van der Waals surface area contributed by atoms with E-state index in [0.717, 1.165) is 13.0 Å². The van der Waals surface area contributed by atoms with E-state index in [-0.39, 0.29) is 5.56 Å². The molecule has 0 unspecified atom stereocenters. The van der Waals surface area contributed by atoms with E-state index in [9.17, 15) is 14.3 Å². The van der Waals surface area contributed by atoms with Gasteiger partial charge in [-0.05, 0) is 13.0 Å². The van der Waals surface area contributed by atoms with E-state index < -0.39 is 17.4 Å². The van der Waals surface area contributed by atoms with Crippen LogP contribution in [0.25, 0.3) is 0 Å². The number of hydrogen-bond acceptors (Lipinski definition) is 2. The Hall–Kier alpha value is -1.42. The normalized spacial score (nSPS) is 15.0. The topological polar surface area (TPSA) is 57.5 Å². The molecule has 1 atom stereocenters. The highest BCUT2D eigenvalue weighted by atomic mass is 19.1. The molecule has 1 aromatic rings. The number of rotatable bonds is 2. The first-order chi connectivity index (χ1) is 5.96. The number of halogens is 1. The van der Waals surface area contributed by atoms with Gasteiger partial charge in [-0.2, -0.15) is 0 Å². The van der Waals surface area contributed by atoms with Gasteiger partial charge in [-0.15, -0.1) is 0 Å². The minimum absolute atomic E-state index is 0.234. The van der Waals surface area contributed by atoms with Gasteiger partial charge in [0.25, 0.3) is 0 Å². The van der Waals surface area contributed by atoms with Crippen molar-refractivity contribution in [2.75, 3.05) is 0 Å². The largest absolute Gasteiger partial charge is 0.479 e. The summed E-state index contributed by atoms with van der Waals surface area (Å²) >= 11 is 0. The Morgan fingerprint density at radius 3 is 2.46 bits per heavy atom. The van der Waals surface area contributed by atoms with Gasteiger partial charge in [-0.1, -0.05) is 18.2 Å². The summed E-state index contributed by atoms with van der Waals surface area (Å²) in [5.74, 6) is -2.20. The molecule has 0 spiro atoms. The average Bonchev–Trinajstić information content (AvgIpc) is 2.04. The molecule has 0 saturated carbocycles. The quantitative estimate of drug-likeness (QED) is 0.724. The molecule has 4 heteroatoms. The third kappa shape index (κ3) is 1.67. The molecular formula is C9H9FO3. The maximum atomic E-state index is 13.0. The third-order valence-corrected chi connectivity index (χ3v) is 1.81. The van der Waals surface area contributed by atoms with E-state index in [0.29, 0.717) is 0 Å². The Morgan fingerprint density at radius 1 is 1.46 bits per heavy atom. The van der Waals surface area contributed by atoms with Crippen molar-refractivity contribution in [3.63, 3.8) is 0 Å². The van der Waals surface area contributed by atoms with Crippen LogP contribution >= 0.6 is 0 Å². The Balaban J connectivity index is 3.22. The van der Waals surface area contributed by atoms with Gasteiger partial charge in [0, 0.05) is 5.56 Å². The van der Waals surface area contributed by atoms with Crippen LogP contribution in [-0.2, 0) is 10.4 Å². The first-order valence-corrected chi connectivity index (χ1v) is 3.67. The molecule has 13 heavy (non-hydrogen) atoms. The lowest BCUT2D eigenvalue weighted by molar-refractivity contribution is -0.157. The SMILES string of the molecule is C[C@](O)(C(=O)O)c1ccccc1F. The van der Waals surface area contributed by atoms with Crippen LogP contribution < -0.4 is 0 Å². The summed E-state index contributed by atoms with van der Waals surface area (Å²) in [6, 6.07) is 5.24. The van der Waals surface area contributed by atoms with Crippen molar-refractivity contribution in [3.8, 4) is 0 Å². The lowest BCUT2D eigenvalue weighted by Crippen LogP contribution is -2.32. The van der Waals surface area contributed by atoms with E-state index in [1.807, 2.05) is 0 Å². The maximum absolute atomic E-state index is 13.0. The molecule has 70 valence electrons. The Morgan fingerprint density at radius 2 is 2.00 bits per heavy atom. The van der Waals surface area contributed by atoms with Crippen LogP contribution in [0.2, 0.25) is 0 Å². The highest BCUT2D eigenvalue weighted by molar-refractivity contribution is 5.78. The number of aliphatic hydroxyl groups is 1. The molecule has 0 aliphatic carbocycles. The van der Waals surface area contributed by atoms with Crippen molar-refractivity contribution in [2.45, 2.75) is 12.5 Å². The molecular weight excluding hydrogens is 175 g/mol. The number of carbonyl (C=O) groups is 1. The van der Waals surface area contributed by atoms with Gasteiger partial charge in [-0.3, -0.25) is 0 Å². The van der Waals surface area contributed by atoms with Crippen LogP contribution in [0.3, 0.4) is 0 Å². The van der Waals surface area contributed by atoms with E-state index in [1.54, 1.807) is 0 Å². The molecule has 1 aromatic carbocycles. The van der Waals surface area contributed by atoms with Gasteiger partial charge in [0.15, 0.2) is 5.60 Å². The zero-order valence-corrected chi connectivity index (χ0v) is 6.99. The lowest BCUT2D eigenvalue weighted by atomic mass is 9.96. The van der Waals surface area contributed by atoms with Crippen LogP contribution in [0.1, 0.15) is 12.5 Å². The van der Waals surface area contributed by atoms with Crippen LogP contribution in [0.4, 0.5) is 4.39 Å². The second-order valence-corrected chi connectivity index (χ2v) is 2.86. The Bertz CT molecular complexity index is 333. The maximum Gasteiger partial charge on any atom is 0.340 e. The Kier molecular flexibility index (Phi) is 2.34. The van der Waals surface area contributed by atoms with Crippen LogP contribution in [-0.4, -0.2) is 16.2 Å². The molecule has 0 aliphatic rings. The predicted octanol–water partition coefficient (Wildman–Crippen LogP) is 1.12. The van der Waals surface area contributed by atoms with Crippen LogP contribution in [0.5, 0.6) is 0 Å². The van der Waals surface area contributed by atoms with Gasteiger partial charge in [-0.25, -0.2) is 9.18 Å². The zero-order chi connectivity index (χ0) is 10.1. The smallest absolute Gasteiger partial charge is 0.340 e. The third-order valence-electron chi connectivity index (χ3n) is 1.81. The van der Waals surface area contributed by atoms with E-state index in [4.69, 9.17) is 5.11 Å². The molecule has 0 fully saturated rings. The van der Waals surface area contributed by atoms with Crippen molar-refractivity contribution >= 4 is 5.97 Å². The summed E-state index contributed by atoms with van der Waals surface area (Å²) in [5, 5.41) is 18.0. The van der Waals surface area contributed by atoms with Crippen molar-refractivity contribution in [3.05, 3.63) is 35.6 Å². The van der Waals surface area contributed by atoms with E-state index in [1.165, 1.54) is 18.2 Å². The van der Waals surface area contributed by atoms with Gasteiger partial charge in [0.2, 0.25) is 0 Å². The zero-order valence-electron chi connectivity index (χ0n) is 6.99. The lowest BCUT2D eigenvalue weighted by Gasteiger charge is -2.18. The molecule has 0 aliphatic heterocycles. The molecule has 0 amide bonds. The summed E-state index contributed by atoms with van der Waals surface area (Å²) in [4.78, 5) is 10.6. The fourth-order valence-corrected chi connectivity index (χ4v) is 0.971. The van der Waals surface area contributed by atoms with Crippen molar-refractivity contribution in [1.29, 1.82) is 0 Å². The standard InChI is InChI=1S/C9H9FO3/c1-9(13,8(11)12)6-4-2-3-5-7(6)10/h2-5,13H,1H3,(H,11,12)/t9-/m1/s1. The van der Waals surface area contributed by atoms with Crippen molar-refractivity contribution in [2.24, 2.45) is 0 Å². The molecule has 0 bridgehead atoms. The molecule has 0 heterocycles. The summed E-state index contributed by atoms with van der Waals surface area (Å²) in [6.07, 6.45) is 0. The van der Waals surface area contributed by atoms with Gasteiger partial charge < -0.3 is 10.2 Å². The molecule has 0 aromatic heterocycles. The average molecular weight is 184 g/mol. The fraction of sp³-hybridized carbons (Fsp3) is 0.222. The predicted molar refractivity (Wildman–Crippen MR) is 43.6 cm³/mol. The monoisotopic (exact) mass is 184 g/mol. The highest BCUT2D eigenvalue weighted by Gasteiger charge is 2.34. The van der Waals surface area contributed by atoms with Crippen LogP contribution in [0, 0.1) is 5.82 Å². The number of carboxylic acids is 1. The highest BCUT2D eigenvalue weighted by Crippen LogP contribution is 2.23. The Labute approximate surface area is 74.4 Å². The second kappa shape index (κ2) is 3.14. The van der Waals surface area contributed by atoms with E-state index in [2.05, 4.69) is 0 Å². The molecule has 2 N–H and O–H groups in total. The van der Waals surface area contributed by atoms with Gasteiger partial charge in [0.05, 0.1) is 0 Å². The minimum Gasteiger partial charge on any atom is -0.479 e. The number of hydrogen-bond donors (Lipinski definition) is 2. The minimum atomic E-state index is -2.18. The molecule has 0 radical (unpaired) electrons. The summed E-state index contributed by atoms with van der Waals surface area (Å²) < 4.78 is 13.0. The van der Waals surface area contributed by atoms with Crippen molar-refractivity contribution in [1.82, 2.24) is 0 Å². The fourth-order valence-electron chi connectivity index (χ4n) is 0.971.